The second-order valence-electron chi connectivity index (χ2n) is 8.24. The Morgan fingerprint density at radius 3 is 2.93 bits per heavy atom. The van der Waals surface area contributed by atoms with Crippen molar-refractivity contribution in [3.8, 4) is 5.69 Å². The predicted molar refractivity (Wildman–Crippen MR) is 115 cm³/mol. The summed E-state index contributed by atoms with van der Waals surface area (Å²) >= 11 is 6.73. The molecule has 0 spiro atoms. The summed E-state index contributed by atoms with van der Waals surface area (Å²) < 4.78 is 1.87. The standard InChI is InChI=1S/C22H21ClN6O/c23-17-6-15-9-27-29(16-10-25-26-11-16)19(15)7-20(17)28-12-14-3-4-18(28)21(14)22(30)13-2-1-5-24-8-13/h1-2,5-11,14,18,21-22,30H,3-4,12H2,(H,25,26)/t14?,18-,21?,22?/m1/s1. The van der Waals surface area contributed by atoms with Crippen LogP contribution < -0.4 is 4.90 Å². The van der Waals surface area contributed by atoms with E-state index in [-0.39, 0.29) is 12.0 Å². The van der Waals surface area contributed by atoms with E-state index in [1.807, 2.05) is 35.3 Å². The number of rotatable bonds is 4. The van der Waals surface area contributed by atoms with Gasteiger partial charge in [-0.25, -0.2) is 4.68 Å². The van der Waals surface area contributed by atoms with Crippen LogP contribution in [0.3, 0.4) is 0 Å². The van der Waals surface area contributed by atoms with Crippen molar-refractivity contribution in [1.82, 2.24) is 25.0 Å². The third-order valence-electron chi connectivity index (χ3n) is 6.72. The lowest BCUT2D eigenvalue weighted by atomic mass is 9.88. The molecule has 1 aromatic carbocycles. The van der Waals surface area contributed by atoms with Crippen LogP contribution in [0.4, 0.5) is 5.69 Å². The lowest BCUT2D eigenvalue weighted by Crippen LogP contribution is -2.34. The van der Waals surface area contributed by atoms with Crippen LogP contribution in [0.5, 0.6) is 0 Å². The maximum absolute atomic E-state index is 11.1. The second-order valence-corrected chi connectivity index (χ2v) is 8.65. The summed E-state index contributed by atoms with van der Waals surface area (Å²) in [6, 6.07) is 8.20. The fourth-order valence-corrected chi connectivity index (χ4v) is 5.67. The Hall–Kier alpha value is -2.90. The Balaban J connectivity index is 1.38. The summed E-state index contributed by atoms with van der Waals surface area (Å²) in [5, 5.41) is 24.2. The summed E-state index contributed by atoms with van der Waals surface area (Å²) in [5.41, 5.74) is 3.76. The van der Waals surface area contributed by atoms with Gasteiger partial charge in [0.2, 0.25) is 0 Å². The van der Waals surface area contributed by atoms with Crippen molar-refractivity contribution in [2.75, 3.05) is 11.4 Å². The largest absolute Gasteiger partial charge is 0.388 e. The van der Waals surface area contributed by atoms with Crippen LogP contribution in [-0.4, -0.2) is 42.7 Å². The van der Waals surface area contributed by atoms with Crippen molar-refractivity contribution in [2.45, 2.75) is 25.0 Å². The van der Waals surface area contributed by atoms with Gasteiger partial charge in [0.05, 0.1) is 34.7 Å². The van der Waals surface area contributed by atoms with Gasteiger partial charge in [-0.15, -0.1) is 0 Å². The topological polar surface area (TPSA) is 82.9 Å². The number of H-pyrrole nitrogens is 1. The Morgan fingerprint density at radius 1 is 1.20 bits per heavy atom. The van der Waals surface area contributed by atoms with E-state index in [4.69, 9.17) is 11.6 Å². The molecule has 4 aromatic rings. The molecule has 30 heavy (non-hydrogen) atoms. The molecule has 0 radical (unpaired) electrons. The number of hydrogen-bond donors (Lipinski definition) is 2. The Labute approximate surface area is 178 Å². The minimum atomic E-state index is -0.514. The SMILES string of the molecule is OC(c1cccnc1)C1C2CC[C@H]1N(c1cc3c(cnn3-c3cn[nH]c3)cc1Cl)C2. The molecule has 0 amide bonds. The van der Waals surface area contributed by atoms with Crippen molar-refractivity contribution >= 4 is 28.2 Å². The molecule has 2 fully saturated rings. The fourth-order valence-electron chi connectivity index (χ4n) is 5.39. The number of nitrogens with one attached hydrogen (secondary N) is 1. The molecular formula is C22H21ClN6O. The first-order chi connectivity index (χ1) is 14.7. The molecule has 2 bridgehead atoms. The van der Waals surface area contributed by atoms with Crippen molar-refractivity contribution in [1.29, 1.82) is 0 Å². The van der Waals surface area contributed by atoms with E-state index in [0.717, 1.165) is 52.3 Å². The van der Waals surface area contributed by atoms with Crippen LogP contribution in [0.25, 0.3) is 16.6 Å². The molecule has 4 heterocycles. The monoisotopic (exact) mass is 420 g/mol. The molecule has 2 aliphatic rings. The van der Waals surface area contributed by atoms with E-state index in [0.29, 0.717) is 5.92 Å². The molecule has 2 N–H and O–H groups in total. The van der Waals surface area contributed by atoms with Gasteiger partial charge in [-0.05, 0) is 42.5 Å². The van der Waals surface area contributed by atoms with Crippen LogP contribution in [-0.2, 0) is 0 Å². The molecule has 7 nitrogen and oxygen atoms in total. The van der Waals surface area contributed by atoms with Crippen molar-refractivity contribution in [3.63, 3.8) is 0 Å². The first-order valence-corrected chi connectivity index (χ1v) is 10.6. The Kier molecular flexibility index (Phi) is 4.07. The van der Waals surface area contributed by atoms with Crippen molar-refractivity contribution < 1.29 is 5.11 Å². The van der Waals surface area contributed by atoms with E-state index < -0.39 is 6.10 Å². The molecule has 1 saturated carbocycles. The molecule has 8 heteroatoms. The molecule has 4 atom stereocenters. The normalized spacial score (nSPS) is 24.1. The van der Waals surface area contributed by atoms with Gasteiger partial charge in [-0.3, -0.25) is 10.1 Å². The van der Waals surface area contributed by atoms with E-state index in [9.17, 15) is 5.11 Å². The van der Waals surface area contributed by atoms with Crippen LogP contribution in [0, 0.1) is 11.8 Å². The smallest absolute Gasteiger partial charge is 0.103 e. The molecule has 1 aliphatic carbocycles. The van der Waals surface area contributed by atoms with Gasteiger partial charge < -0.3 is 10.0 Å². The summed E-state index contributed by atoms with van der Waals surface area (Å²) in [6.45, 7) is 0.901. The number of hydrogen-bond acceptors (Lipinski definition) is 5. The number of nitrogens with zero attached hydrogens (tertiary/aromatic N) is 5. The number of piperidine rings is 1. The number of aromatic nitrogens is 5. The number of pyridine rings is 1. The van der Waals surface area contributed by atoms with Crippen LogP contribution in [0.1, 0.15) is 24.5 Å². The first-order valence-electron chi connectivity index (χ1n) is 10.2. The summed E-state index contributed by atoms with van der Waals surface area (Å²) in [5.74, 6) is 0.621. The quantitative estimate of drug-likeness (QED) is 0.525. The zero-order chi connectivity index (χ0) is 20.2. The molecule has 1 saturated heterocycles. The van der Waals surface area contributed by atoms with Gasteiger partial charge in [0.15, 0.2) is 0 Å². The van der Waals surface area contributed by atoms with Gasteiger partial charge in [-0.2, -0.15) is 10.2 Å². The van der Waals surface area contributed by atoms with Crippen molar-refractivity contribution in [2.24, 2.45) is 11.8 Å². The van der Waals surface area contributed by atoms with Gasteiger partial charge in [0.1, 0.15) is 5.69 Å². The number of benzene rings is 1. The number of aliphatic hydroxyl groups excluding tert-OH is 1. The highest BCUT2D eigenvalue weighted by molar-refractivity contribution is 6.34. The Morgan fingerprint density at radius 2 is 2.13 bits per heavy atom. The molecule has 3 unspecified atom stereocenters. The van der Waals surface area contributed by atoms with Gasteiger partial charge in [-0.1, -0.05) is 17.7 Å². The van der Waals surface area contributed by atoms with E-state index >= 15 is 0 Å². The second kappa shape index (κ2) is 6.82. The lowest BCUT2D eigenvalue weighted by molar-refractivity contribution is 0.0954. The predicted octanol–water partition coefficient (Wildman–Crippen LogP) is 3.75. The minimum absolute atomic E-state index is 0.180. The number of aromatic amines is 1. The van der Waals surface area contributed by atoms with Crippen LogP contribution >= 0.6 is 11.6 Å². The summed E-state index contributed by atoms with van der Waals surface area (Å²) in [6.07, 6.45) is 10.6. The molecule has 1 aliphatic heterocycles. The molecule has 152 valence electrons. The maximum atomic E-state index is 11.1. The highest BCUT2D eigenvalue weighted by Crippen LogP contribution is 2.51. The highest BCUT2D eigenvalue weighted by Gasteiger charge is 2.50. The summed E-state index contributed by atoms with van der Waals surface area (Å²) in [7, 11) is 0. The minimum Gasteiger partial charge on any atom is -0.388 e. The fraction of sp³-hybridized carbons (Fsp3) is 0.318. The number of aliphatic hydroxyl groups is 1. The highest BCUT2D eigenvalue weighted by atomic mass is 35.5. The van der Waals surface area contributed by atoms with E-state index in [2.05, 4.69) is 31.2 Å². The first kappa shape index (κ1) is 17.9. The molecule has 3 aromatic heterocycles. The number of anilines is 1. The number of halogens is 1. The maximum Gasteiger partial charge on any atom is 0.103 e. The zero-order valence-corrected chi connectivity index (χ0v) is 16.9. The van der Waals surface area contributed by atoms with E-state index in [1.54, 1.807) is 18.6 Å². The average molecular weight is 421 g/mol. The molecule has 6 rings (SSSR count). The van der Waals surface area contributed by atoms with E-state index in [1.165, 1.54) is 0 Å². The number of fused-ring (bicyclic) bond motifs is 3. The van der Waals surface area contributed by atoms with Crippen molar-refractivity contribution in [3.05, 3.63) is 65.8 Å². The van der Waals surface area contributed by atoms with Gasteiger partial charge in [0.25, 0.3) is 0 Å². The van der Waals surface area contributed by atoms with Crippen LogP contribution in [0.2, 0.25) is 5.02 Å². The van der Waals surface area contributed by atoms with Crippen LogP contribution in [0.15, 0.2) is 55.2 Å². The lowest BCUT2D eigenvalue weighted by Gasteiger charge is -2.31. The summed E-state index contributed by atoms with van der Waals surface area (Å²) in [4.78, 5) is 6.57. The molecular weight excluding hydrogens is 400 g/mol. The van der Waals surface area contributed by atoms with Gasteiger partial charge >= 0.3 is 0 Å². The average Bonchev–Trinajstić information content (AvgIpc) is 3.56. The third kappa shape index (κ3) is 2.66. The Bertz CT molecular complexity index is 1190. The zero-order valence-electron chi connectivity index (χ0n) is 16.2. The third-order valence-corrected chi connectivity index (χ3v) is 7.02. The van der Waals surface area contributed by atoms with Gasteiger partial charge in [0, 0.05) is 42.5 Å².